The summed E-state index contributed by atoms with van der Waals surface area (Å²) in [5, 5.41) is 0. The Balaban J connectivity index is 2.42. The number of ether oxygens (including phenoxy) is 2. The van der Waals surface area contributed by atoms with Crippen molar-refractivity contribution in [3.63, 3.8) is 0 Å². The summed E-state index contributed by atoms with van der Waals surface area (Å²) in [4.78, 5) is 9.91. The van der Waals surface area contributed by atoms with Crippen LogP contribution in [0.4, 0.5) is 0 Å². The number of benzene rings is 1. The van der Waals surface area contributed by atoms with Gasteiger partial charge in [-0.2, -0.15) is 0 Å². The zero-order chi connectivity index (χ0) is 10.2. The van der Waals surface area contributed by atoms with Crippen molar-refractivity contribution in [3.05, 3.63) is 24.3 Å². The standard InChI is InChI=1S/C11H13O3/c1-2-13-10-4-6-11(7-5-10)14-9-3-8-12/h4-7H,2-3,9H2,1H3. The lowest BCUT2D eigenvalue weighted by Crippen LogP contribution is -1.97. The molecule has 1 radical (unpaired) electrons. The summed E-state index contributed by atoms with van der Waals surface area (Å²) in [5.41, 5.74) is 0. The van der Waals surface area contributed by atoms with E-state index < -0.39 is 0 Å². The number of hydrogen-bond acceptors (Lipinski definition) is 3. The first-order valence-electron chi connectivity index (χ1n) is 4.57. The van der Waals surface area contributed by atoms with Crippen LogP contribution in [0.3, 0.4) is 0 Å². The lowest BCUT2D eigenvalue weighted by atomic mass is 10.3. The molecule has 0 aliphatic heterocycles. The molecule has 0 unspecified atom stereocenters. The van der Waals surface area contributed by atoms with Gasteiger partial charge in [0.05, 0.1) is 13.2 Å². The van der Waals surface area contributed by atoms with E-state index in [4.69, 9.17) is 9.47 Å². The van der Waals surface area contributed by atoms with E-state index >= 15 is 0 Å². The highest BCUT2D eigenvalue weighted by atomic mass is 16.5. The maximum absolute atomic E-state index is 9.91. The lowest BCUT2D eigenvalue weighted by Gasteiger charge is -2.05. The van der Waals surface area contributed by atoms with Crippen LogP contribution >= 0.6 is 0 Å². The maximum atomic E-state index is 9.91. The van der Waals surface area contributed by atoms with Crippen molar-refractivity contribution in [2.45, 2.75) is 13.3 Å². The molecule has 14 heavy (non-hydrogen) atoms. The van der Waals surface area contributed by atoms with E-state index in [1.807, 2.05) is 31.2 Å². The quantitative estimate of drug-likeness (QED) is 0.648. The summed E-state index contributed by atoms with van der Waals surface area (Å²) in [7, 11) is 0. The van der Waals surface area contributed by atoms with Gasteiger partial charge in [-0.05, 0) is 31.2 Å². The second kappa shape index (κ2) is 6.02. The third-order valence-corrected chi connectivity index (χ3v) is 1.61. The zero-order valence-electron chi connectivity index (χ0n) is 8.16. The summed E-state index contributed by atoms with van der Waals surface area (Å²) in [6.07, 6.45) is 2.07. The molecule has 0 N–H and O–H groups in total. The van der Waals surface area contributed by atoms with Crippen molar-refractivity contribution in [2.75, 3.05) is 13.2 Å². The van der Waals surface area contributed by atoms with Gasteiger partial charge in [-0.3, -0.25) is 4.79 Å². The van der Waals surface area contributed by atoms with Gasteiger partial charge < -0.3 is 9.47 Å². The highest BCUT2D eigenvalue weighted by molar-refractivity contribution is 5.50. The fourth-order valence-corrected chi connectivity index (χ4v) is 1.01. The monoisotopic (exact) mass is 193 g/mol. The molecule has 0 aliphatic rings. The van der Waals surface area contributed by atoms with E-state index in [9.17, 15) is 4.79 Å². The Kier molecular flexibility index (Phi) is 4.55. The molecule has 1 aromatic carbocycles. The molecule has 0 amide bonds. The first-order chi connectivity index (χ1) is 6.86. The second-order valence-electron chi connectivity index (χ2n) is 2.65. The molecule has 1 aromatic rings. The summed E-state index contributed by atoms with van der Waals surface area (Å²) in [5.74, 6) is 1.56. The van der Waals surface area contributed by atoms with Crippen LogP contribution in [0, 0.1) is 0 Å². The van der Waals surface area contributed by atoms with E-state index in [0.717, 1.165) is 11.5 Å². The van der Waals surface area contributed by atoms with Crippen molar-refractivity contribution in [1.29, 1.82) is 0 Å². The Morgan fingerprint density at radius 3 is 2.21 bits per heavy atom. The van der Waals surface area contributed by atoms with E-state index in [0.29, 0.717) is 19.6 Å². The van der Waals surface area contributed by atoms with Gasteiger partial charge in [-0.1, -0.05) is 0 Å². The molecular formula is C11H13O3. The van der Waals surface area contributed by atoms with Gasteiger partial charge in [0.1, 0.15) is 11.5 Å². The minimum Gasteiger partial charge on any atom is -0.494 e. The van der Waals surface area contributed by atoms with Crippen LogP contribution in [-0.4, -0.2) is 19.5 Å². The largest absolute Gasteiger partial charge is 0.494 e. The number of rotatable bonds is 6. The fourth-order valence-electron chi connectivity index (χ4n) is 1.01. The minimum absolute atomic E-state index is 0.299. The average Bonchev–Trinajstić information content (AvgIpc) is 2.21. The van der Waals surface area contributed by atoms with E-state index in [1.54, 1.807) is 6.29 Å². The first-order valence-corrected chi connectivity index (χ1v) is 4.57. The summed E-state index contributed by atoms with van der Waals surface area (Å²) in [6, 6.07) is 7.30. The average molecular weight is 193 g/mol. The molecule has 0 aromatic heterocycles. The summed E-state index contributed by atoms with van der Waals surface area (Å²) in [6.45, 7) is 2.96. The van der Waals surface area contributed by atoms with Gasteiger partial charge in [0.25, 0.3) is 0 Å². The van der Waals surface area contributed by atoms with Crippen LogP contribution in [0.2, 0.25) is 0 Å². The molecule has 0 bridgehead atoms. The van der Waals surface area contributed by atoms with Crippen LogP contribution in [0.25, 0.3) is 0 Å². The van der Waals surface area contributed by atoms with E-state index in [2.05, 4.69) is 0 Å². The molecule has 75 valence electrons. The maximum Gasteiger partial charge on any atom is 0.201 e. The Morgan fingerprint density at radius 2 is 1.71 bits per heavy atom. The van der Waals surface area contributed by atoms with Crippen LogP contribution in [0.5, 0.6) is 11.5 Å². The Labute approximate surface area is 83.6 Å². The molecule has 3 nitrogen and oxygen atoms in total. The lowest BCUT2D eigenvalue weighted by molar-refractivity contribution is 0.322. The van der Waals surface area contributed by atoms with E-state index in [1.165, 1.54) is 0 Å². The number of hydrogen-bond donors (Lipinski definition) is 0. The van der Waals surface area contributed by atoms with Crippen LogP contribution in [0.15, 0.2) is 24.3 Å². The van der Waals surface area contributed by atoms with Gasteiger partial charge in [-0.25, -0.2) is 0 Å². The fraction of sp³-hybridized carbons (Fsp3) is 0.364. The SMILES string of the molecule is CCOc1ccc(OCC[C]=O)cc1. The zero-order valence-corrected chi connectivity index (χ0v) is 8.16. The van der Waals surface area contributed by atoms with Gasteiger partial charge in [0.15, 0.2) is 0 Å². The number of carbonyl (C=O) groups excluding carboxylic acids is 1. The predicted molar refractivity (Wildman–Crippen MR) is 53.4 cm³/mol. The highest BCUT2D eigenvalue weighted by Gasteiger charge is 1.95. The van der Waals surface area contributed by atoms with Crippen molar-refractivity contribution in [1.82, 2.24) is 0 Å². The second-order valence-corrected chi connectivity index (χ2v) is 2.65. The minimum atomic E-state index is 0.299. The van der Waals surface area contributed by atoms with Crippen molar-refractivity contribution < 1.29 is 14.3 Å². The third kappa shape index (κ3) is 3.47. The van der Waals surface area contributed by atoms with Gasteiger partial charge >= 0.3 is 0 Å². The van der Waals surface area contributed by atoms with Crippen LogP contribution in [-0.2, 0) is 4.79 Å². The highest BCUT2D eigenvalue weighted by Crippen LogP contribution is 2.17. The van der Waals surface area contributed by atoms with Crippen LogP contribution < -0.4 is 9.47 Å². The molecular weight excluding hydrogens is 180 g/mol. The topological polar surface area (TPSA) is 35.5 Å². The van der Waals surface area contributed by atoms with Gasteiger partial charge in [0, 0.05) is 6.42 Å². The Bertz CT molecular complexity index is 266. The Hall–Kier alpha value is -1.51. The van der Waals surface area contributed by atoms with Crippen molar-refractivity contribution in [3.8, 4) is 11.5 Å². The normalized spacial score (nSPS) is 9.50. The van der Waals surface area contributed by atoms with Gasteiger partial charge in [-0.15, -0.1) is 0 Å². The Morgan fingerprint density at radius 1 is 1.14 bits per heavy atom. The van der Waals surface area contributed by atoms with E-state index in [-0.39, 0.29) is 0 Å². The molecule has 0 aliphatic carbocycles. The van der Waals surface area contributed by atoms with Gasteiger partial charge in [0.2, 0.25) is 6.29 Å². The molecule has 0 saturated carbocycles. The predicted octanol–water partition coefficient (Wildman–Crippen LogP) is 1.96. The third-order valence-electron chi connectivity index (χ3n) is 1.61. The summed E-state index contributed by atoms with van der Waals surface area (Å²) >= 11 is 0. The molecule has 0 atom stereocenters. The molecule has 0 spiro atoms. The molecule has 0 heterocycles. The molecule has 0 saturated heterocycles. The molecule has 1 rings (SSSR count). The first kappa shape index (κ1) is 10.6. The smallest absolute Gasteiger partial charge is 0.201 e. The summed E-state index contributed by atoms with van der Waals surface area (Å²) < 4.78 is 10.5. The van der Waals surface area contributed by atoms with Crippen LogP contribution in [0.1, 0.15) is 13.3 Å². The molecule has 3 heteroatoms. The van der Waals surface area contributed by atoms with Crippen molar-refractivity contribution in [2.24, 2.45) is 0 Å². The van der Waals surface area contributed by atoms with Crippen molar-refractivity contribution >= 4 is 6.29 Å². The molecule has 0 fully saturated rings.